The third-order valence-corrected chi connectivity index (χ3v) is 2.47. The molecule has 1 heterocycles. The van der Waals surface area contributed by atoms with Crippen LogP contribution in [-0.2, 0) is 9.59 Å². The zero-order chi connectivity index (χ0) is 12.1. The van der Waals surface area contributed by atoms with Gasteiger partial charge >= 0.3 is 12.0 Å². The molecule has 0 saturated carbocycles. The van der Waals surface area contributed by atoms with Crippen LogP contribution in [0.5, 0.6) is 0 Å². The number of carbonyl (C=O) groups excluding carboxylic acids is 2. The van der Waals surface area contributed by atoms with Gasteiger partial charge in [-0.1, -0.05) is 0 Å². The van der Waals surface area contributed by atoms with E-state index in [-0.39, 0.29) is 13.1 Å². The molecule has 0 spiro atoms. The van der Waals surface area contributed by atoms with Crippen molar-refractivity contribution in [2.24, 2.45) is 11.7 Å². The lowest BCUT2D eigenvalue weighted by molar-refractivity contribution is -0.143. The lowest BCUT2D eigenvalue weighted by atomic mass is 9.99. The molecular weight excluding hydrogens is 214 g/mol. The molecule has 0 bridgehead atoms. The number of urea groups is 1. The third kappa shape index (κ3) is 3.41. The lowest BCUT2D eigenvalue weighted by Crippen LogP contribution is -2.48. The normalized spacial score (nSPS) is 20.2. The molecule has 7 heteroatoms. The minimum atomic E-state index is -0.896. The minimum absolute atomic E-state index is 0.180. The number of hydrogen-bond acceptors (Lipinski definition) is 3. The van der Waals surface area contributed by atoms with E-state index < -0.39 is 23.8 Å². The van der Waals surface area contributed by atoms with Crippen molar-refractivity contribution < 1.29 is 19.5 Å². The predicted molar refractivity (Wildman–Crippen MR) is 54.5 cm³/mol. The Kier molecular flexibility index (Phi) is 4.10. The summed E-state index contributed by atoms with van der Waals surface area (Å²) in [6.45, 7) is 0.460. The molecule has 4 N–H and O–H groups in total. The van der Waals surface area contributed by atoms with Crippen LogP contribution >= 0.6 is 0 Å². The van der Waals surface area contributed by atoms with Crippen molar-refractivity contribution >= 4 is 17.9 Å². The van der Waals surface area contributed by atoms with Gasteiger partial charge in [0.1, 0.15) is 0 Å². The van der Waals surface area contributed by atoms with Crippen molar-refractivity contribution in [3.63, 3.8) is 0 Å². The molecule has 0 aromatic carbocycles. The van der Waals surface area contributed by atoms with Crippen molar-refractivity contribution in [2.45, 2.75) is 12.8 Å². The maximum absolute atomic E-state index is 11.5. The molecule has 0 aromatic heterocycles. The largest absolute Gasteiger partial charge is 0.481 e. The summed E-state index contributed by atoms with van der Waals surface area (Å²) in [6, 6.07) is -0.440. The average molecular weight is 229 g/mol. The van der Waals surface area contributed by atoms with Gasteiger partial charge in [-0.25, -0.2) is 4.79 Å². The highest BCUT2D eigenvalue weighted by molar-refractivity contribution is 5.83. The first-order valence-corrected chi connectivity index (χ1v) is 5.04. The van der Waals surface area contributed by atoms with E-state index in [1.165, 1.54) is 4.90 Å². The molecule has 0 radical (unpaired) electrons. The summed E-state index contributed by atoms with van der Waals surface area (Å²) in [6.07, 6.45) is 1.23. The van der Waals surface area contributed by atoms with E-state index in [2.05, 4.69) is 5.32 Å². The maximum Gasteiger partial charge on any atom is 0.317 e. The number of likely N-dealkylation sites (tertiary alicyclic amines) is 1. The predicted octanol–water partition coefficient (Wildman–Crippen LogP) is -1.02. The molecule has 1 atom stereocenters. The van der Waals surface area contributed by atoms with Crippen LogP contribution in [0.4, 0.5) is 4.79 Å². The Morgan fingerprint density at radius 3 is 2.69 bits per heavy atom. The molecule has 16 heavy (non-hydrogen) atoms. The Labute approximate surface area is 92.6 Å². The maximum atomic E-state index is 11.5. The molecule has 0 aliphatic carbocycles. The quantitative estimate of drug-likeness (QED) is 0.574. The molecular formula is C9H15N3O4. The van der Waals surface area contributed by atoms with Gasteiger partial charge < -0.3 is 21.1 Å². The summed E-state index contributed by atoms with van der Waals surface area (Å²) in [5, 5.41) is 11.2. The second-order valence-corrected chi connectivity index (χ2v) is 3.75. The van der Waals surface area contributed by atoms with Crippen LogP contribution < -0.4 is 11.1 Å². The van der Waals surface area contributed by atoms with E-state index in [0.717, 1.165) is 0 Å². The summed E-state index contributed by atoms with van der Waals surface area (Å²) < 4.78 is 0. The van der Waals surface area contributed by atoms with Gasteiger partial charge in [0.25, 0.3) is 0 Å². The Morgan fingerprint density at radius 2 is 2.12 bits per heavy atom. The summed E-state index contributed by atoms with van der Waals surface area (Å²) in [5.41, 5.74) is 4.88. The number of rotatable bonds is 3. The van der Waals surface area contributed by atoms with Gasteiger partial charge in [-0.15, -0.1) is 0 Å². The van der Waals surface area contributed by atoms with Crippen LogP contribution in [0.3, 0.4) is 0 Å². The average Bonchev–Trinajstić information content (AvgIpc) is 2.26. The molecule has 7 nitrogen and oxygen atoms in total. The van der Waals surface area contributed by atoms with E-state index in [1.54, 1.807) is 0 Å². The molecule has 3 amide bonds. The molecule has 0 aromatic rings. The second kappa shape index (κ2) is 5.34. The monoisotopic (exact) mass is 229 g/mol. The van der Waals surface area contributed by atoms with Crippen molar-refractivity contribution in [3.8, 4) is 0 Å². The Balaban J connectivity index is 2.43. The number of carboxylic acids is 1. The van der Waals surface area contributed by atoms with Gasteiger partial charge in [-0.3, -0.25) is 9.59 Å². The van der Waals surface area contributed by atoms with Crippen LogP contribution in [0.2, 0.25) is 0 Å². The highest BCUT2D eigenvalue weighted by Crippen LogP contribution is 2.16. The number of carboxylic acid groups (broad SMARTS) is 1. The van der Waals surface area contributed by atoms with Gasteiger partial charge in [0, 0.05) is 13.1 Å². The first-order chi connectivity index (χ1) is 7.50. The molecule has 1 saturated heterocycles. The number of nitrogens with zero attached hydrogens (tertiary/aromatic N) is 1. The highest BCUT2D eigenvalue weighted by Gasteiger charge is 2.27. The van der Waals surface area contributed by atoms with Crippen LogP contribution in [0.15, 0.2) is 0 Å². The summed E-state index contributed by atoms with van der Waals surface area (Å²) in [5.74, 6) is -2.04. The van der Waals surface area contributed by atoms with Crippen LogP contribution in [-0.4, -0.2) is 47.5 Å². The number of carbonyl (C=O) groups is 3. The topological polar surface area (TPSA) is 113 Å². The number of nitrogens with two attached hydrogens (primary N) is 1. The smallest absolute Gasteiger partial charge is 0.317 e. The van der Waals surface area contributed by atoms with E-state index >= 15 is 0 Å². The van der Waals surface area contributed by atoms with Crippen LogP contribution in [0.25, 0.3) is 0 Å². The van der Waals surface area contributed by atoms with E-state index in [1.807, 2.05) is 0 Å². The fourth-order valence-electron chi connectivity index (χ4n) is 1.64. The SMILES string of the molecule is NC(=O)CNC(=O)N1CCC[C@@H](C(=O)O)C1. The zero-order valence-electron chi connectivity index (χ0n) is 8.81. The molecule has 1 aliphatic rings. The first-order valence-electron chi connectivity index (χ1n) is 5.04. The Hall–Kier alpha value is -1.79. The van der Waals surface area contributed by atoms with Gasteiger partial charge in [0.05, 0.1) is 12.5 Å². The van der Waals surface area contributed by atoms with Crippen LogP contribution in [0.1, 0.15) is 12.8 Å². The molecule has 0 unspecified atom stereocenters. The van der Waals surface area contributed by atoms with Crippen molar-refractivity contribution in [1.29, 1.82) is 0 Å². The highest BCUT2D eigenvalue weighted by atomic mass is 16.4. The lowest BCUT2D eigenvalue weighted by Gasteiger charge is -2.30. The Morgan fingerprint density at radius 1 is 1.44 bits per heavy atom. The van der Waals surface area contributed by atoms with Gasteiger partial charge in [-0.05, 0) is 12.8 Å². The first kappa shape index (κ1) is 12.3. The standard InChI is InChI=1S/C9H15N3O4/c10-7(13)4-11-9(16)12-3-1-2-6(5-12)8(14)15/h6H,1-5H2,(H2,10,13)(H,11,16)(H,14,15)/t6-/m1/s1. The summed E-state index contributed by atoms with van der Waals surface area (Å²) in [4.78, 5) is 34.1. The van der Waals surface area contributed by atoms with Crippen molar-refractivity contribution in [2.75, 3.05) is 19.6 Å². The summed E-state index contributed by atoms with van der Waals surface area (Å²) >= 11 is 0. The Bertz CT molecular complexity index is 305. The van der Waals surface area contributed by atoms with E-state index in [9.17, 15) is 14.4 Å². The van der Waals surface area contributed by atoms with E-state index in [0.29, 0.717) is 19.4 Å². The number of aliphatic carboxylic acids is 1. The fourth-order valence-corrected chi connectivity index (χ4v) is 1.64. The number of primary amides is 1. The van der Waals surface area contributed by atoms with Crippen molar-refractivity contribution in [3.05, 3.63) is 0 Å². The van der Waals surface area contributed by atoms with Gasteiger partial charge in [-0.2, -0.15) is 0 Å². The minimum Gasteiger partial charge on any atom is -0.481 e. The number of hydrogen-bond donors (Lipinski definition) is 3. The molecule has 90 valence electrons. The van der Waals surface area contributed by atoms with E-state index in [4.69, 9.17) is 10.8 Å². The van der Waals surface area contributed by atoms with Crippen molar-refractivity contribution in [1.82, 2.24) is 10.2 Å². The fraction of sp³-hybridized carbons (Fsp3) is 0.667. The number of amides is 3. The number of piperidine rings is 1. The zero-order valence-corrected chi connectivity index (χ0v) is 8.81. The molecule has 1 fully saturated rings. The molecule has 1 aliphatic heterocycles. The molecule has 1 rings (SSSR count). The third-order valence-electron chi connectivity index (χ3n) is 2.47. The summed E-state index contributed by atoms with van der Waals surface area (Å²) in [7, 11) is 0. The second-order valence-electron chi connectivity index (χ2n) is 3.75. The number of nitrogens with one attached hydrogen (secondary N) is 1. The van der Waals surface area contributed by atoms with Crippen LogP contribution in [0, 0.1) is 5.92 Å². The van der Waals surface area contributed by atoms with Gasteiger partial charge in [0.2, 0.25) is 5.91 Å². The van der Waals surface area contributed by atoms with Gasteiger partial charge in [0.15, 0.2) is 0 Å².